The van der Waals surface area contributed by atoms with Gasteiger partial charge in [-0.3, -0.25) is 4.79 Å². The average molecular weight is 467 g/mol. The summed E-state index contributed by atoms with van der Waals surface area (Å²) in [6.07, 6.45) is 2.61. The zero-order chi connectivity index (χ0) is 21.1. The number of aromatic nitrogens is 2. The number of alkyl carbamates (subject to hydrolysis) is 1. The molecule has 156 valence electrons. The number of carbonyl (C=O) groups is 2. The van der Waals surface area contributed by atoms with Gasteiger partial charge in [-0.2, -0.15) is 0 Å². The first-order valence-electron chi connectivity index (χ1n) is 9.47. The molecule has 3 rings (SSSR count). The van der Waals surface area contributed by atoms with Gasteiger partial charge in [0.25, 0.3) is 0 Å². The molecule has 2 N–H and O–H groups in total. The van der Waals surface area contributed by atoms with Gasteiger partial charge >= 0.3 is 6.09 Å². The molecule has 2 atom stereocenters. The van der Waals surface area contributed by atoms with Crippen LogP contribution in [0.4, 0.5) is 9.18 Å². The molecule has 1 aromatic carbocycles. The number of methoxy groups -OCH3 is 1. The number of carbonyl (C=O) groups excluding carboxylic acids is 2. The van der Waals surface area contributed by atoms with E-state index in [1.165, 1.54) is 13.2 Å². The van der Waals surface area contributed by atoms with Crippen LogP contribution < -0.4 is 5.32 Å². The van der Waals surface area contributed by atoms with Crippen LogP contribution >= 0.6 is 15.9 Å². The normalized spacial score (nSPS) is 17.4. The van der Waals surface area contributed by atoms with Crippen LogP contribution in [0.2, 0.25) is 0 Å². The van der Waals surface area contributed by atoms with Crippen LogP contribution in [0.15, 0.2) is 28.9 Å². The Morgan fingerprint density at radius 2 is 2.17 bits per heavy atom. The number of aromatic amines is 1. The lowest BCUT2D eigenvalue weighted by atomic mass is 10.0. The molecule has 9 heteroatoms. The van der Waals surface area contributed by atoms with Crippen LogP contribution in [0.1, 0.15) is 38.6 Å². The van der Waals surface area contributed by atoms with Crippen LogP contribution in [0.5, 0.6) is 0 Å². The highest BCUT2D eigenvalue weighted by Gasteiger charge is 2.37. The van der Waals surface area contributed by atoms with Crippen molar-refractivity contribution < 1.29 is 18.7 Å². The van der Waals surface area contributed by atoms with Gasteiger partial charge in [0.05, 0.1) is 29.5 Å². The molecule has 0 saturated carbocycles. The van der Waals surface area contributed by atoms with E-state index in [1.807, 2.05) is 13.8 Å². The van der Waals surface area contributed by atoms with Crippen molar-refractivity contribution in [3.63, 3.8) is 0 Å². The van der Waals surface area contributed by atoms with Crippen LogP contribution in [0.25, 0.3) is 11.3 Å². The fraction of sp³-hybridized carbons (Fsp3) is 0.450. The third-order valence-corrected chi connectivity index (χ3v) is 5.71. The SMILES string of the molecule is COC(=O)NC(C(=O)N1CCCC1c1ncc(-c2ccc(Br)c(F)c2)[nH]1)C(C)C. The second kappa shape index (κ2) is 8.94. The third kappa shape index (κ3) is 4.60. The van der Waals surface area contributed by atoms with Crippen molar-refractivity contribution in [1.29, 1.82) is 0 Å². The number of nitrogens with zero attached hydrogens (tertiary/aromatic N) is 2. The number of benzene rings is 1. The minimum Gasteiger partial charge on any atom is -0.453 e. The minimum atomic E-state index is -0.682. The van der Waals surface area contributed by atoms with Gasteiger partial charge in [0.1, 0.15) is 17.7 Å². The molecule has 0 aliphatic carbocycles. The first kappa shape index (κ1) is 21.3. The van der Waals surface area contributed by atoms with Gasteiger partial charge in [-0.1, -0.05) is 19.9 Å². The summed E-state index contributed by atoms with van der Waals surface area (Å²) in [5, 5.41) is 2.63. The predicted molar refractivity (Wildman–Crippen MR) is 110 cm³/mol. The summed E-state index contributed by atoms with van der Waals surface area (Å²) in [4.78, 5) is 34.2. The van der Waals surface area contributed by atoms with Crippen molar-refractivity contribution in [3.8, 4) is 11.3 Å². The molecular weight excluding hydrogens is 443 g/mol. The van der Waals surface area contributed by atoms with E-state index in [9.17, 15) is 14.0 Å². The summed E-state index contributed by atoms with van der Waals surface area (Å²) in [5.74, 6) is 0.0287. The highest BCUT2D eigenvalue weighted by Crippen LogP contribution is 2.33. The molecule has 1 aliphatic heterocycles. The quantitative estimate of drug-likeness (QED) is 0.696. The molecule has 2 heterocycles. The predicted octanol–water partition coefficient (Wildman–Crippen LogP) is 4.02. The Morgan fingerprint density at radius 3 is 2.83 bits per heavy atom. The molecule has 0 radical (unpaired) electrons. The van der Waals surface area contributed by atoms with Crippen molar-refractivity contribution in [3.05, 3.63) is 40.5 Å². The molecule has 1 fully saturated rings. The van der Waals surface area contributed by atoms with Crippen molar-refractivity contribution >= 4 is 27.9 Å². The largest absolute Gasteiger partial charge is 0.453 e. The fourth-order valence-corrected chi connectivity index (χ4v) is 3.76. The topological polar surface area (TPSA) is 87.3 Å². The maximum atomic E-state index is 13.9. The van der Waals surface area contributed by atoms with Crippen LogP contribution in [-0.4, -0.2) is 46.6 Å². The maximum Gasteiger partial charge on any atom is 0.407 e. The number of likely N-dealkylation sites (tertiary alicyclic amines) is 1. The highest BCUT2D eigenvalue weighted by atomic mass is 79.9. The van der Waals surface area contributed by atoms with Gasteiger partial charge in [0.2, 0.25) is 5.91 Å². The van der Waals surface area contributed by atoms with Gasteiger partial charge in [0, 0.05) is 12.1 Å². The van der Waals surface area contributed by atoms with Gasteiger partial charge in [-0.25, -0.2) is 14.2 Å². The number of amides is 2. The van der Waals surface area contributed by atoms with E-state index in [1.54, 1.807) is 23.2 Å². The maximum absolute atomic E-state index is 13.9. The van der Waals surface area contributed by atoms with Crippen molar-refractivity contribution in [2.45, 2.75) is 38.8 Å². The van der Waals surface area contributed by atoms with Crippen molar-refractivity contribution in [1.82, 2.24) is 20.2 Å². The van der Waals surface area contributed by atoms with Gasteiger partial charge < -0.3 is 19.9 Å². The number of hydrogen-bond acceptors (Lipinski definition) is 4. The summed E-state index contributed by atoms with van der Waals surface area (Å²) in [6.45, 7) is 4.33. The minimum absolute atomic E-state index is 0.0965. The Labute approximate surface area is 177 Å². The number of halogens is 2. The van der Waals surface area contributed by atoms with Crippen LogP contribution in [-0.2, 0) is 9.53 Å². The number of H-pyrrole nitrogens is 1. The Morgan fingerprint density at radius 1 is 1.41 bits per heavy atom. The summed E-state index contributed by atoms with van der Waals surface area (Å²) >= 11 is 3.15. The third-order valence-electron chi connectivity index (χ3n) is 5.07. The standard InChI is InChI=1S/C20H24BrFN4O3/c1-11(2)17(25-20(28)29-3)19(27)26-8-4-5-16(26)18-23-10-15(24-18)12-6-7-13(21)14(22)9-12/h6-7,9-11,16-17H,4-5,8H2,1-3H3,(H,23,24)(H,25,28). The number of nitrogens with one attached hydrogen (secondary N) is 2. The van der Waals surface area contributed by atoms with E-state index < -0.39 is 12.1 Å². The molecule has 0 spiro atoms. The Balaban J connectivity index is 1.81. The van der Waals surface area contributed by atoms with E-state index in [4.69, 9.17) is 0 Å². The van der Waals surface area contributed by atoms with Crippen LogP contribution in [0.3, 0.4) is 0 Å². The molecule has 29 heavy (non-hydrogen) atoms. The first-order valence-corrected chi connectivity index (χ1v) is 10.3. The molecule has 2 amide bonds. The summed E-state index contributed by atoms with van der Waals surface area (Å²) < 4.78 is 18.9. The molecule has 0 bridgehead atoms. The molecule has 7 nitrogen and oxygen atoms in total. The Hall–Kier alpha value is -2.42. The molecule has 1 saturated heterocycles. The number of imidazole rings is 1. The summed E-state index contributed by atoms with van der Waals surface area (Å²) in [5.41, 5.74) is 1.35. The number of hydrogen-bond donors (Lipinski definition) is 2. The zero-order valence-corrected chi connectivity index (χ0v) is 18.1. The van der Waals surface area contributed by atoms with E-state index in [-0.39, 0.29) is 23.7 Å². The highest BCUT2D eigenvalue weighted by molar-refractivity contribution is 9.10. The van der Waals surface area contributed by atoms with E-state index in [0.717, 1.165) is 12.8 Å². The Bertz CT molecular complexity index is 902. The van der Waals surface area contributed by atoms with Crippen molar-refractivity contribution in [2.24, 2.45) is 5.92 Å². The van der Waals surface area contributed by atoms with Crippen molar-refractivity contribution in [2.75, 3.05) is 13.7 Å². The average Bonchev–Trinajstić information content (AvgIpc) is 3.36. The van der Waals surface area contributed by atoms with Gasteiger partial charge in [-0.15, -0.1) is 0 Å². The second-order valence-electron chi connectivity index (χ2n) is 7.36. The zero-order valence-electron chi connectivity index (χ0n) is 16.5. The summed E-state index contributed by atoms with van der Waals surface area (Å²) in [7, 11) is 1.27. The Kier molecular flexibility index (Phi) is 6.56. The van der Waals surface area contributed by atoms with E-state index in [2.05, 4.69) is 36.0 Å². The molecule has 1 aliphatic rings. The van der Waals surface area contributed by atoms with Gasteiger partial charge in [-0.05, 0) is 46.8 Å². The number of ether oxygens (including phenoxy) is 1. The number of rotatable bonds is 5. The fourth-order valence-electron chi connectivity index (χ4n) is 3.51. The van der Waals surface area contributed by atoms with Crippen LogP contribution in [0, 0.1) is 11.7 Å². The van der Waals surface area contributed by atoms with Gasteiger partial charge in [0.15, 0.2) is 0 Å². The lowest BCUT2D eigenvalue weighted by molar-refractivity contribution is -0.135. The second-order valence-corrected chi connectivity index (χ2v) is 8.21. The first-order chi connectivity index (χ1) is 13.8. The molecule has 2 unspecified atom stereocenters. The molecular formula is C20H24BrFN4O3. The monoisotopic (exact) mass is 466 g/mol. The molecule has 1 aromatic heterocycles. The lowest BCUT2D eigenvalue weighted by Crippen LogP contribution is -2.51. The van der Waals surface area contributed by atoms with E-state index >= 15 is 0 Å². The van der Waals surface area contributed by atoms with E-state index in [0.29, 0.717) is 28.1 Å². The molecule has 2 aromatic rings. The summed E-state index contributed by atoms with van der Waals surface area (Å²) in [6, 6.07) is 3.95. The lowest BCUT2D eigenvalue weighted by Gasteiger charge is -2.30. The smallest absolute Gasteiger partial charge is 0.407 e.